The average Bonchev–Trinajstić information content (AvgIpc) is 2.39. The lowest BCUT2D eigenvalue weighted by Gasteiger charge is -2.21. The number of aliphatic hydroxyl groups excluding tert-OH is 4. The number of hydrogen-bond acceptors (Lipinski definition) is 8. The molecular weight excluding hydrogens is 276 g/mol. The highest BCUT2D eigenvalue weighted by Crippen LogP contribution is 2.01. The molecule has 0 radical (unpaired) electrons. The second-order valence-corrected chi connectivity index (χ2v) is 3.43. The fourth-order valence-electron chi connectivity index (χ4n) is 0.946. The van der Waals surface area contributed by atoms with E-state index in [1.807, 2.05) is 0 Å². The van der Waals surface area contributed by atoms with Crippen molar-refractivity contribution in [1.82, 2.24) is 10.9 Å². The second-order valence-electron chi connectivity index (χ2n) is 3.43. The van der Waals surface area contributed by atoms with E-state index in [-0.39, 0.29) is 0 Å². The molecule has 12 heteroatoms. The third-order valence-corrected chi connectivity index (χ3v) is 1.87. The summed E-state index contributed by atoms with van der Waals surface area (Å²) in [4.78, 5) is 20.9. The third kappa shape index (κ3) is 6.60. The lowest BCUT2D eigenvalue weighted by molar-refractivity contribution is -0.0549. The van der Waals surface area contributed by atoms with Crippen molar-refractivity contribution in [1.29, 1.82) is 0 Å². The molecule has 0 aliphatic carbocycles. The molecule has 10 N–H and O–H groups in total. The van der Waals surface area contributed by atoms with Crippen molar-refractivity contribution >= 4 is 24.0 Å². The zero-order chi connectivity index (χ0) is 15.7. The Balaban J connectivity index is 5.00. The summed E-state index contributed by atoms with van der Waals surface area (Å²) in [6, 6.07) is -2.07. The number of nitrogens with one attached hydrogen (secondary N) is 2. The number of nitrogens with two attached hydrogens (primary N) is 2. The Morgan fingerprint density at radius 1 is 1.15 bits per heavy atom. The van der Waals surface area contributed by atoms with Crippen molar-refractivity contribution in [2.45, 2.75) is 18.3 Å². The van der Waals surface area contributed by atoms with Gasteiger partial charge in [-0.3, -0.25) is 0 Å². The van der Waals surface area contributed by atoms with Crippen LogP contribution >= 0.6 is 0 Å². The van der Waals surface area contributed by atoms with E-state index in [2.05, 4.69) is 10.2 Å². The summed E-state index contributed by atoms with van der Waals surface area (Å²) in [7, 11) is 0. The molecule has 20 heavy (non-hydrogen) atoms. The highest BCUT2D eigenvalue weighted by Gasteiger charge is 2.28. The van der Waals surface area contributed by atoms with E-state index >= 15 is 0 Å². The van der Waals surface area contributed by atoms with Gasteiger partial charge in [0.15, 0.2) is 0 Å². The minimum absolute atomic E-state index is 0.461. The molecule has 0 aromatic carbocycles. The number of carbonyl (C=O) groups is 2. The van der Waals surface area contributed by atoms with Crippen LogP contribution < -0.4 is 22.3 Å². The van der Waals surface area contributed by atoms with E-state index in [1.165, 1.54) is 0 Å². The molecule has 12 nitrogen and oxygen atoms in total. The topological polar surface area (TPSA) is 216 Å². The second kappa shape index (κ2) is 8.76. The van der Waals surface area contributed by atoms with E-state index in [1.54, 1.807) is 10.9 Å². The fraction of sp³-hybridized carbons (Fsp3) is 0.500. The lowest BCUT2D eigenvalue weighted by atomic mass is 10.0. The molecule has 4 amide bonds. The van der Waals surface area contributed by atoms with E-state index < -0.39 is 42.7 Å². The van der Waals surface area contributed by atoms with Gasteiger partial charge in [-0.2, -0.15) is 10.2 Å². The Hall–Kier alpha value is -2.28. The molecule has 0 aromatic heterocycles. The van der Waals surface area contributed by atoms with Crippen LogP contribution in [-0.2, 0) is 0 Å². The summed E-state index contributed by atoms with van der Waals surface area (Å²) in [5, 5.41) is 43.5. The summed E-state index contributed by atoms with van der Waals surface area (Å²) in [5.74, 6) is 0. The van der Waals surface area contributed by atoms with Crippen molar-refractivity contribution in [2.24, 2.45) is 21.7 Å². The Labute approximate surface area is 112 Å². The van der Waals surface area contributed by atoms with Gasteiger partial charge in [0.05, 0.1) is 12.8 Å². The van der Waals surface area contributed by atoms with Crippen LogP contribution in [0.3, 0.4) is 0 Å². The fourth-order valence-corrected chi connectivity index (χ4v) is 0.946. The summed E-state index contributed by atoms with van der Waals surface area (Å²) in [5.41, 5.74) is 12.6. The predicted molar refractivity (Wildman–Crippen MR) is 66.5 cm³/mol. The number of nitrogens with zero attached hydrogens (tertiary/aromatic N) is 2. The molecular formula is C8H16N6O6. The molecule has 0 aliphatic rings. The smallest absolute Gasteiger partial charge is 0.332 e. The first-order chi connectivity index (χ1) is 9.29. The molecule has 0 saturated carbocycles. The number of rotatable bonds is 7. The van der Waals surface area contributed by atoms with Gasteiger partial charge in [-0.15, -0.1) is 0 Å². The van der Waals surface area contributed by atoms with Crippen molar-refractivity contribution in [3.63, 3.8) is 0 Å². The summed E-state index contributed by atoms with van der Waals surface area (Å²) >= 11 is 0. The standard InChI is InChI=1S/C8H16N6O6/c9-7(19)13-11-1-3(12-14-8(10)20)5(17)6(18)4(16)2-15/h1,4-6,15-18H,2H2,(H3,9,13,19)(H3,10,14,20)/b11-1+,12-3-/t4-,5+,6-/m0/s1. The van der Waals surface area contributed by atoms with Crippen LogP contribution in [-0.4, -0.2) is 69.3 Å². The van der Waals surface area contributed by atoms with Gasteiger partial charge in [-0.05, 0) is 0 Å². The molecule has 0 bridgehead atoms. The molecule has 0 aliphatic heterocycles. The van der Waals surface area contributed by atoms with Crippen LogP contribution in [0.15, 0.2) is 10.2 Å². The number of hydrogen-bond donors (Lipinski definition) is 8. The minimum atomic E-state index is -1.83. The predicted octanol–water partition coefficient (Wildman–Crippen LogP) is -4.26. The largest absolute Gasteiger partial charge is 0.394 e. The Morgan fingerprint density at radius 2 is 1.70 bits per heavy atom. The minimum Gasteiger partial charge on any atom is -0.394 e. The SMILES string of the molecule is NC(=O)N/N=C(/C=N/NC(N)=O)[C@@H](O)[C@@H](O)[C@@H](O)CO. The first-order valence-corrected chi connectivity index (χ1v) is 5.16. The van der Waals surface area contributed by atoms with Gasteiger partial charge in [-0.25, -0.2) is 20.4 Å². The normalized spacial score (nSPS) is 16.5. The Morgan fingerprint density at radius 3 is 2.15 bits per heavy atom. The van der Waals surface area contributed by atoms with Crippen LogP contribution in [0.25, 0.3) is 0 Å². The van der Waals surface area contributed by atoms with Crippen molar-refractivity contribution in [2.75, 3.05) is 6.61 Å². The first-order valence-electron chi connectivity index (χ1n) is 5.16. The monoisotopic (exact) mass is 292 g/mol. The third-order valence-electron chi connectivity index (χ3n) is 1.87. The van der Waals surface area contributed by atoms with Crippen molar-refractivity contribution in [3.05, 3.63) is 0 Å². The summed E-state index contributed by atoms with van der Waals surface area (Å²) in [6.07, 6.45) is -4.57. The van der Waals surface area contributed by atoms with Crippen LogP contribution in [0.4, 0.5) is 9.59 Å². The average molecular weight is 292 g/mol. The number of carbonyl (C=O) groups excluding carboxylic acids is 2. The molecule has 0 heterocycles. The number of urea groups is 2. The maximum absolute atomic E-state index is 10.5. The van der Waals surface area contributed by atoms with Crippen LogP contribution in [0.1, 0.15) is 0 Å². The van der Waals surface area contributed by atoms with Gasteiger partial charge in [0, 0.05) is 0 Å². The van der Waals surface area contributed by atoms with Gasteiger partial charge < -0.3 is 31.9 Å². The highest BCUT2D eigenvalue weighted by molar-refractivity contribution is 6.32. The van der Waals surface area contributed by atoms with Gasteiger partial charge in [-0.1, -0.05) is 0 Å². The maximum Gasteiger partial charge on any atom is 0.332 e. The van der Waals surface area contributed by atoms with Crippen LogP contribution in [0, 0.1) is 0 Å². The number of primary amides is 2. The highest BCUT2D eigenvalue weighted by atomic mass is 16.4. The van der Waals surface area contributed by atoms with Gasteiger partial charge >= 0.3 is 12.1 Å². The molecule has 0 aromatic rings. The number of amides is 4. The van der Waals surface area contributed by atoms with E-state index in [0.717, 1.165) is 6.21 Å². The molecule has 0 spiro atoms. The maximum atomic E-state index is 10.5. The zero-order valence-electron chi connectivity index (χ0n) is 10.2. The summed E-state index contributed by atoms with van der Waals surface area (Å²) in [6.45, 7) is -0.828. The molecule has 3 atom stereocenters. The molecule has 0 fully saturated rings. The molecule has 0 saturated heterocycles. The summed E-state index contributed by atoms with van der Waals surface area (Å²) < 4.78 is 0. The van der Waals surface area contributed by atoms with Crippen LogP contribution in [0.2, 0.25) is 0 Å². The molecule has 114 valence electrons. The van der Waals surface area contributed by atoms with Crippen LogP contribution in [0.5, 0.6) is 0 Å². The van der Waals surface area contributed by atoms with E-state index in [9.17, 15) is 24.9 Å². The lowest BCUT2D eigenvalue weighted by Crippen LogP contribution is -2.45. The van der Waals surface area contributed by atoms with Gasteiger partial charge in [0.1, 0.15) is 24.0 Å². The van der Waals surface area contributed by atoms with E-state index in [0.29, 0.717) is 0 Å². The Kier molecular flexibility index (Phi) is 7.76. The first kappa shape index (κ1) is 17.7. The molecule has 0 unspecified atom stereocenters. The number of hydrazone groups is 2. The van der Waals surface area contributed by atoms with Crippen molar-refractivity contribution < 1.29 is 30.0 Å². The van der Waals surface area contributed by atoms with Gasteiger partial charge in [0.25, 0.3) is 0 Å². The van der Waals surface area contributed by atoms with E-state index in [4.69, 9.17) is 16.6 Å². The Bertz CT molecular complexity index is 399. The quantitative estimate of drug-likeness (QED) is 0.171. The van der Waals surface area contributed by atoms with Gasteiger partial charge in [0.2, 0.25) is 0 Å². The van der Waals surface area contributed by atoms with Crippen molar-refractivity contribution in [3.8, 4) is 0 Å². The number of aliphatic hydroxyl groups is 4. The zero-order valence-corrected chi connectivity index (χ0v) is 10.2. The molecule has 0 rings (SSSR count).